The van der Waals surface area contributed by atoms with E-state index < -0.39 is 153 Å². The van der Waals surface area contributed by atoms with Gasteiger partial charge >= 0.3 is 0 Å². The van der Waals surface area contributed by atoms with Crippen molar-refractivity contribution in [2.45, 2.75) is 236 Å². The first-order valence-electron chi connectivity index (χ1n) is 26.6. The summed E-state index contributed by atoms with van der Waals surface area (Å²) in [5.74, 6) is 0.618. The largest absolute Gasteiger partial charge is 0.396 e. The van der Waals surface area contributed by atoms with E-state index in [9.17, 15) is 61.3 Å². The van der Waals surface area contributed by atoms with Crippen molar-refractivity contribution in [3.05, 3.63) is 11.6 Å². The number of ether oxygens (including phenoxy) is 8. The molecule has 27 atom stereocenters. The molecule has 5 aliphatic carbocycles. The molecule has 0 unspecified atom stereocenters. The number of allylic oxidation sites excluding steroid dienone is 2. The Labute approximate surface area is 422 Å². The van der Waals surface area contributed by atoms with Crippen molar-refractivity contribution in [3.63, 3.8) is 0 Å². The van der Waals surface area contributed by atoms with Crippen molar-refractivity contribution in [1.29, 1.82) is 0 Å². The lowest BCUT2D eigenvalue weighted by Crippen LogP contribution is -2.67. The molecule has 9 aliphatic rings. The quantitative estimate of drug-likeness (QED) is 0.0989. The van der Waals surface area contributed by atoms with E-state index in [1.54, 1.807) is 0 Å². The van der Waals surface area contributed by atoms with Crippen LogP contribution >= 0.6 is 0 Å². The van der Waals surface area contributed by atoms with Crippen LogP contribution in [0.25, 0.3) is 0 Å². The Hall–Kier alpha value is -1.06. The molecule has 414 valence electrons. The van der Waals surface area contributed by atoms with Crippen LogP contribution in [0.1, 0.15) is 113 Å². The van der Waals surface area contributed by atoms with Gasteiger partial charge in [-0.05, 0) is 110 Å². The minimum Gasteiger partial charge on any atom is -0.396 e. The Morgan fingerprint density at radius 1 is 0.583 bits per heavy atom. The van der Waals surface area contributed by atoms with Gasteiger partial charge in [0.1, 0.15) is 79.4 Å². The third-order valence-corrected chi connectivity index (χ3v) is 20.8. The maximum atomic E-state index is 12.1. The van der Waals surface area contributed by atoms with Crippen LogP contribution in [0.4, 0.5) is 0 Å². The van der Waals surface area contributed by atoms with Gasteiger partial charge in [-0.1, -0.05) is 60.1 Å². The lowest BCUT2D eigenvalue weighted by molar-refractivity contribution is -0.390. The second-order valence-corrected chi connectivity index (χ2v) is 25.5. The minimum absolute atomic E-state index is 0.0145. The van der Waals surface area contributed by atoms with Crippen molar-refractivity contribution in [3.8, 4) is 0 Å². The van der Waals surface area contributed by atoms with Crippen molar-refractivity contribution in [2.24, 2.45) is 50.2 Å². The Morgan fingerprint density at radius 3 is 1.78 bits per heavy atom. The fraction of sp³-hybridized carbons (Fsp3) is 0.962. The summed E-state index contributed by atoms with van der Waals surface area (Å²) in [6, 6.07) is 0. The molecule has 0 aromatic carbocycles. The van der Waals surface area contributed by atoms with E-state index in [0.29, 0.717) is 18.8 Å². The van der Waals surface area contributed by atoms with Crippen LogP contribution in [0, 0.1) is 50.2 Å². The number of hydrogen-bond acceptors (Lipinski definition) is 20. The lowest BCUT2D eigenvalue weighted by atomic mass is 9.33. The molecule has 0 amide bonds. The van der Waals surface area contributed by atoms with Crippen LogP contribution in [-0.4, -0.2) is 211 Å². The maximum absolute atomic E-state index is 12.1. The Balaban J connectivity index is 0.887. The molecule has 4 saturated carbocycles. The zero-order valence-electron chi connectivity index (χ0n) is 43.2. The van der Waals surface area contributed by atoms with E-state index >= 15 is 0 Å². The van der Waals surface area contributed by atoms with Crippen molar-refractivity contribution in [1.82, 2.24) is 0 Å². The van der Waals surface area contributed by atoms with E-state index in [0.717, 1.165) is 44.9 Å². The van der Waals surface area contributed by atoms with Gasteiger partial charge in [0.2, 0.25) is 0 Å². The monoisotopic (exact) mass is 1030 g/mol. The third-order valence-electron chi connectivity index (χ3n) is 20.8. The smallest absolute Gasteiger partial charge is 0.187 e. The molecule has 0 spiro atoms. The normalized spacial score (nSPS) is 55.4. The van der Waals surface area contributed by atoms with Crippen molar-refractivity contribution < 1.29 is 99.2 Å². The van der Waals surface area contributed by atoms with E-state index in [4.69, 9.17) is 37.9 Å². The van der Waals surface area contributed by atoms with Crippen LogP contribution in [0.5, 0.6) is 0 Å². The summed E-state index contributed by atoms with van der Waals surface area (Å²) < 4.78 is 48.0. The Morgan fingerprint density at radius 2 is 1.17 bits per heavy atom. The predicted octanol–water partition coefficient (Wildman–Crippen LogP) is -0.285. The maximum Gasteiger partial charge on any atom is 0.187 e. The molecule has 20 nitrogen and oxygen atoms in total. The molecule has 4 aliphatic heterocycles. The number of hydrogen-bond donors (Lipinski definition) is 12. The predicted molar refractivity (Wildman–Crippen MR) is 251 cm³/mol. The van der Waals surface area contributed by atoms with E-state index in [2.05, 4.69) is 54.5 Å². The summed E-state index contributed by atoms with van der Waals surface area (Å²) in [6.45, 7) is 16.0. The van der Waals surface area contributed by atoms with Crippen LogP contribution in [0.2, 0.25) is 0 Å². The molecule has 4 saturated heterocycles. The highest BCUT2D eigenvalue weighted by atomic mass is 16.8. The van der Waals surface area contributed by atoms with Gasteiger partial charge in [-0.3, -0.25) is 0 Å². The highest BCUT2D eigenvalue weighted by Crippen LogP contribution is 2.76. The summed E-state index contributed by atoms with van der Waals surface area (Å²) >= 11 is 0. The molecule has 0 aromatic rings. The molecule has 0 radical (unpaired) electrons. The number of rotatable bonds is 10. The van der Waals surface area contributed by atoms with Crippen LogP contribution in [0.3, 0.4) is 0 Å². The van der Waals surface area contributed by atoms with Crippen LogP contribution in [0.15, 0.2) is 11.6 Å². The fourth-order valence-electron chi connectivity index (χ4n) is 16.1. The molecule has 20 heteroatoms. The third kappa shape index (κ3) is 8.91. The zero-order valence-corrected chi connectivity index (χ0v) is 43.2. The Bertz CT molecular complexity index is 1940. The standard InChI is InChI=1S/C52H86O20/c1-23-33(58)36(61)38(63)43(67-23)71-41-34(59)26(55)21-66-46(41)72-42-35(60)27(56)20-65-45(42)70-40-28(19-53)68-44(39(64)37(40)62)69-32-12-13-49(6)29(48(32,4)5)11-14-50(7)30(49)10-9-24-25-17-47(2,3)15-16-52(25,22-54)31(57)18-51(24,50)8/h9,23,25-46,53-64H,10-22H2,1-8H3/t23-,25-,26-,27-,28+,29-,30+,31+,32-,33-,34-,35-,36+,37+,38+,39+,40+,41+,42+,43-,44-,45-,46-,49-,50+,51+,52+/m0/s1. The van der Waals surface area contributed by atoms with Gasteiger partial charge in [-0.25, -0.2) is 0 Å². The average Bonchev–Trinajstić information content (AvgIpc) is 3.32. The van der Waals surface area contributed by atoms with Gasteiger partial charge in [0.25, 0.3) is 0 Å². The van der Waals surface area contributed by atoms with Gasteiger partial charge in [0, 0.05) is 5.41 Å². The SMILES string of the molecule is C[C@@H]1O[C@@H](O[C@H]2[C@H](O[C@H]3[C@H](O[C@H]4[C@H](O)[C@@H](O)[C@H](O[C@H]5CC[C@]6(C)[C@H]7CC=C8[C@@H]9CC(C)(C)CC[C@]9(CO)[C@H](O)C[C@@]8(C)[C@]7(C)CC[C@H]6C5(C)C)O[C@@H]4CO)OC[C@H](O)[C@@H]3O)OC[C@H](O)[C@@H]2O)[C@H](O)[C@H](O)[C@H]1O. The van der Waals surface area contributed by atoms with Crippen LogP contribution in [-0.2, 0) is 37.9 Å². The Kier molecular flexibility index (Phi) is 15.5. The fourth-order valence-corrected chi connectivity index (χ4v) is 16.1. The second kappa shape index (κ2) is 20.0. The van der Waals surface area contributed by atoms with Gasteiger partial charge in [0.15, 0.2) is 25.2 Å². The van der Waals surface area contributed by atoms with Crippen molar-refractivity contribution >= 4 is 0 Å². The van der Waals surface area contributed by atoms with Crippen LogP contribution < -0.4 is 0 Å². The molecule has 9 rings (SSSR count). The van der Waals surface area contributed by atoms with E-state index in [1.165, 1.54) is 12.5 Å². The molecule has 4 heterocycles. The van der Waals surface area contributed by atoms with E-state index in [1.807, 2.05) is 0 Å². The average molecular weight is 1030 g/mol. The second-order valence-electron chi connectivity index (χ2n) is 25.5. The summed E-state index contributed by atoms with van der Waals surface area (Å²) in [5.41, 5.74) is 0.109. The van der Waals surface area contributed by atoms with Gasteiger partial charge in [-0.2, -0.15) is 0 Å². The van der Waals surface area contributed by atoms with Gasteiger partial charge in [0.05, 0.1) is 44.7 Å². The van der Waals surface area contributed by atoms with E-state index in [-0.39, 0.29) is 40.1 Å². The lowest BCUT2D eigenvalue weighted by Gasteiger charge is -2.72. The summed E-state index contributed by atoms with van der Waals surface area (Å²) in [7, 11) is 0. The molecule has 12 N–H and O–H groups in total. The van der Waals surface area contributed by atoms with Gasteiger partial charge in [-0.15, -0.1) is 0 Å². The highest BCUT2D eigenvalue weighted by Gasteiger charge is 2.70. The first-order chi connectivity index (χ1) is 33.7. The molecule has 0 aromatic heterocycles. The van der Waals surface area contributed by atoms with Crippen molar-refractivity contribution in [2.75, 3.05) is 26.4 Å². The number of aliphatic hydroxyl groups excluding tert-OH is 12. The highest BCUT2D eigenvalue weighted by molar-refractivity contribution is 5.35. The molecule has 72 heavy (non-hydrogen) atoms. The first kappa shape index (κ1) is 55.7. The molecule has 0 bridgehead atoms. The number of fused-ring (bicyclic) bond motifs is 7. The summed E-state index contributed by atoms with van der Waals surface area (Å²) in [5, 5.41) is 132. The molecular weight excluding hydrogens is 945 g/mol. The summed E-state index contributed by atoms with van der Waals surface area (Å²) in [4.78, 5) is 0. The minimum atomic E-state index is -1.81. The first-order valence-corrected chi connectivity index (χ1v) is 26.6. The zero-order chi connectivity index (χ0) is 52.4. The topological polar surface area (TPSA) is 317 Å². The molecular formula is C52H86O20. The molecule has 8 fully saturated rings. The summed E-state index contributed by atoms with van der Waals surface area (Å²) in [6.07, 6.45) is -19.5. The van der Waals surface area contributed by atoms with Gasteiger partial charge < -0.3 is 99.2 Å². The number of aliphatic hydroxyl groups is 12.